The molecule has 1 unspecified atom stereocenters. The van der Waals surface area contributed by atoms with Gasteiger partial charge in [0.2, 0.25) is 0 Å². The van der Waals surface area contributed by atoms with Crippen molar-refractivity contribution in [1.29, 1.82) is 0 Å². The lowest BCUT2D eigenvalue weighted by Gasteiger charge is -2.27. The second kappa shape index (κ2) is 9.98. The van der Waals surface area contributed by atoms with Crippen LogP contribution in [-0.2, 0) is 9.53 Å². The standard InChI is InChI=1S/C22H39NO2S/c1-8-18-10-9-16(2)17(3)15-19(18)20(24)23-13-11-21(4,5)25-14-12-22(6,7)26/h15-16,26H,8-14H2,1-7H3,(H,23,24). The molecule has 0 saturated carbocycles. The lowest BCUT2D eigenvalue weighted by atomic mass is 9.97. The summed E-state index contributed by atoms with van der Waals surface area (Å²) >= 11 is 4.53. The largest absolute Gasteiger partial charge is 0.375 e. The van der Waals surface area contributed by atoms with E-state index < -0.39 is 0 Å². The van der Waals surface area contributed by atoms with Gasteiger partial charge in [0.25, 0.3) is 5.91 Å². The number of allylic oxidation sites excluding steroid dienone is 2. The van der Waals surface area contributed by atoms with E-state index in [1.54, 1.807) is 0 Å². The molecule has 0 aromatic heterocycles. The minimum absolute atomic E-state index is 0.0197. The lowest BCUT2D eigenvalue weighted by molar-refractivity contribution is -0.117. The molecule has 0 aromatic rings. The van der Waals surface area contributed by atoms with Crippen molar-refractivity contribution in [2.45, 2.75) is 90.9 Å². The van der Waals surface area contributed by atoms with Crippen molar-refractivity contribution in [3.05, 3.63) is 22.8 Å². The van der Waals surface area contributed by atoms with Gasteiger partial charge in [0.15, 0.2) is 0 Å². The minimum atomic E-state index is -0.252. The van der Waals surface area contributed by atoms with Crippen LogP contribution in [0.5, 0.6) is 0 Å². The minimum Gasteiger partial charge on any atom is -0.375 e. The molecule has 1 amide bonds. The van der Waals surface area contributed by atoms with Crippen molar-refractivity contribution < 1.29 is 9.53 Å². The zero-order chi connectivity index (χ0) is 20.0. The molecule has 0 aliphatic heterocycles. The SMILES string of the molecule is CCC1=C(C(=O)NCCC(C)(C)OCCC(C)(C)S)C=C(C)C(C)CC1. The zero-order valence-corrected chi connectivity index (χ0v) is 18.8. The summed E-state index contributed by atoms with van der Waals surface area (Å²) in [5.41, 5.74) is 3.21. The molecule has 1 aliphatic carbocycles. The highest BCUT2D eigenvalue weighted by atomic mass is 32.1. The fraction of sp³-hybridized carbons (Fsp3) is 0.773. The van der Waals surface area contributed by atoms with Crippen LogP contribution < -0.4 is 5.32 Å². The number of hydrogen-bond donors (Lipinski definition) is 2. The first-order valence-electron chi connectivity index (χ1n) is 10.00. The van der Waals surface area contributed by atoms with Gasteiger partial charge in [-0.05, 0) is 58.8 Å². The molecule has 1 rings (SSSR count). The zero-order valence-electron chi connectivity index (χ0n) is 17.9. The number of carbonyl (C=O) groups excluding carboxylic acids is 1. The molecule has 3 nitrogen and oxygen atoms in total. The Kier molecular flexibility index (Phi) is 8.95. The van der Waals surface area contributed by atoms with Crippen molar-refractivity contribution in [1.82, 2.24) is 5.32 Å². The summed E-state index contributed by atoms with van der Waals surface area (Å²) in [6, 6.07) is 0. The van der Waals surface area contributed by atoms with Crippen LogP contribution in [0.4, 0.5) is 0 Å². The van der Waals surface area contributed by atoms with E-state index in [1.165, 1.54) is 11.1 Å². The molecule has 26 heavy (non-hydrogen) atoms. The fourth-order valence-corrected chi connectivity index (χ4v) is 3.13. The van der Waals surface area contributed by atoms with Crippen LogP contribution in [0.3, 0.4) is 0 Å². The third-order valence-electron chi connectivity index (χ3n) is 5.30. The summed E-state index contributed by atoms with van der Waals surface area (Å²) in [7, 11) is 0. The maximum atomic E-state index is 12.7. The Bertz CT molecular complexity index is 541. The Balaban J connectivity index is 2.57. The van der Waals surface area contributed by atoms with Crippen molar-refractivity contribution >= 4 is 18.5 Å². The summed E-state index contributed by atoms with van der Waals surface area (Å²) in [6.45, 7) is 16.2. The number of ether oxygens (including phenoxy) is 1. The van der Waals surface area contributed by atoms with Gasteiger partial charge in [-0.2, -0.15) is 12.6 Å². The monoisotopic (exact) mass is 381 g/mol. The predicted octanol–water partition coefficient (Wildman–Crippen LogP) is 5.47. The van der Waals surface area contributed by atoms with E-state index in [1.807, 2.05) is 0 Å². The molecular weight excluding hydrogens is 342 g/mol. The quantitative estimate of drug-likeness (QED) is 0.520. The Labute approximate surface area is 166 Å². The normalized spacial score (nSPS) is 19.2. The molecule has 0 fully saturated rings. The Morgan fingerprint density at radius 2 is 1.96 bits per heavy atom. The topological polar surface area (TPSA) is 38.3 Å². The highest BCUT2D eigenvalue weighted by molar-refractivity contribution is 7.81. The fourth-order valence-electron chi connectivity index (χ4n) is 3.04. The number of nitrogens with one attached hydrogen (secondary N) is 1. The maximum absolute atomic E-state index is 12.7. The molecule has 0 heterocycles. The Hall–Kier alpha value is -0.740. The first-order valence-corrected chi connectivity index (χ1v) is 10.4. The van der Waals surface area contributed by atoms with Crippen molar-refractivity contribution in [2.75, 3.05) is 13.2 Å². The van der Waals surface area contributed by atoms with E-state index in [9.17, 15) is 4.79 Å². The maximum Gasteiger partial charge on any atom is 0.251 e. The first-order chi connectivity index (χ1) is 11.9. The van der Waals surface area contributed by atoms with Gasteiger partial charge >= 0.3 is 0 Å². The van der Waals surface area contributed by atoms with Gasteiger partial charge in [-0.15, -0.1) is 0 Å². The Morgan fingerprint density at radius 3 is 2.54 bits per heavy atom. The highest BCUT2D eigenvalue weighted by Gasteiger charge is 2.22. The van der Waals surface area contributed by atoms with Gasteiger partial charge < -0.3 is 10.1 Å². The van der Waals surface area contributed by atoms with Gasteiger partial charge in [0, 0.05) is 23.5 Å². The van der Waals surface area contributed by atoms with Crippen LogP contribution in [-0.4, -0.2) is 29.4 Å². The van der Waals surface area contributed by atoms with Crippen molar-refractivity contribution in [2.24, 2.45) is 5.92 Å². The van der Waals surface area contributed by atoms with Gasteiger partial charge in [-0.1, -0.05) is 44.9 Å². The van der Waals surface area contributed by atoms with E-state index in [4.69, 9.17) is 4.74 Å². The predicted molar refractivity (Wildman–Crippen MR) is 115 cm³/mol. The number of rotatable bonds is 9. The van der Waals surface area contributed by atoms with Gasteiger partial charge in [0.05, 0.1) is 5.60 Å². The van der Waals surface area contributed by atoms with Gasteiger partial charge in [-0.3, -0.25) is 4.79 Å². The molecule has 1 N–H and O–H groups in total. The highest BCUT2D eigenvalue weighted by Crippen LogP contribution is 2.29. The molecule has 1 atom stereocenters. The molecule has 0 bridgehead atoms. The first kappa shape index (κ1) is 23.3. The number of thiol groups is 1. The van der Waals surface area contributed by atoms with E-state index in [0.29, 0.717) is 19.1 Å². The van der Waals surface area contributed by atoms with Crippen LogP contribution in [0.15, 0.2) is 22.8 Å². The van der Waals surface area contributed by atoms with Crippen molar-refractivity contribution in [3.8, 4) is 0 Å². The van der Waals surface area contributed by atoms with Crippen LogP contribution in [0.25, 0.3) is 0 Å². The van der Waals surface area contributed by atoms with Crippen LogP contribution >= 0.6 is 12.6 Å². The number of carbonyl (C=O) groups is 1. The molecule has 1 aliphatic rings. The van der Waals surface area contributed by atoms with E-state index in [0.717, 1.165) is 37.7 Å². The average molecular weight is 382 g/mol. The third-order valence-corrected chi connectivity index (χ3v) is 5.52. The van der Waals surface area contributed by atoms with Crippen molar-refractivity contribution in [3.63, 3.8) is 0 Å². The summed E-state index contributed by atoms with van der Waals surface area (Å²) in [6.07, 6.45) is 6.88. The summed E-state index contributed by atoms with van der Waals surface area (Å²) in [5.74, 6) is 0.604. The summed E-state index contributed by atoms with van der Waals surface area (Å²) in [5, 5.41) is 3.11. The molecule has 0 aromatic carbocycles. The van der Waals surface area contributed by atoms with Gasteiger partial charge in [-0.25, -0.2) is 0 Å². The van der Waals surface area contributed by atoms with E-state index >= 15 is 0 Å². The summed E-state index contributed by atoms with van der Waals surface area (Å²) in [4.78, 5) is 12.7. The van der Waals surface area contributed by atoms with E-state index in [-0.39, 0.29) is 16.3 Å². The van der Waals surface area contributed by atoms with Crippen LogP contribution in [0, 0.1) is 5.92 Å². The van der Waals surface area contributed by atoms with E-state index in [2.05, 4.69) is 72.5 Å². The van der Waals surface area contributed by atoms with Crippen LogP contribution in [0.1, 0.15) is 80.6 Å². The second-order valence-electron chi connectivity index (χ2n) is 8.88. The Morgan fingerprint density at radius 1 is 1.31 bits per heavy atom. The molecule has 150 valence electrons. The molecular formula is C22H39NO2S. The number of amides is 1. The third kappa shape index (κ3) is 8.30. The summed E-state index contributed by atoms with van der Waals surface area (Å²) < 4.78 is 5.98. The molecule has 0 radical (unpaired) electrons. The van der Waals surface area contributed by atoms with Gasteiger partial charge in [0.1, 0.15) is 0 Å². The van der Waals surface area contributed by atoms with Crippen LogP contribution in [0.2, 0.25) is 0 Å². The molecule has 0 spiro atoms. The lowest BCUT2D eigenvalue weighted by Crippen LogP contribution is -2.34. The average Bonchev–Trinajstić information content (AvgIpc) is 2.65. The smallest absolute Gasteiger partial charge is 0.251 e. The second-order valence-corrected chi connectivity index (χ2v) is 10.1. The molecule has 0 saturated heterocycles. The molecule has 4 heteroatoms. The number of hydrogen-bond acceptors (Lipinski definition) is 3.